The van der Waals surface area contributed by atoms with E-state index in [9.17, 15) is 4.79 Å². The Hall–Kier alpha value is -1.05. The lowest BCUT2D eigenvalue weighted by Crippen LogP contribution is -2.21. The molecule has 0 fully saturated rings. The monoisotopic (exact) mass is 152 g/mol. The van der Waals surface area contributed by atoms with E-state index in [2.05, 4.69) is 0 Å². The van der Waals surface area contributed by atoms with Gasteiger partial charge >= 0.3 is 5.97 Å². The minimum atomic E-state index is -0.234. The number of cyclic esters (lactones) is 1. The summed E-state index contributed by atoms with van der Waals surface area (Å²) in [5.41, 5.74) is 1.09. The van der Waals surface area contributed by atoms with Crippen molar-refractivity contribution in [2.45, 2.75) is 26.4 Å². The van der Waals surface area contributed by atoms with Crippen molar-refractivity contribution >= 4 is 5.97 Å². The van der Waals surface area contributed by atoms with Gasteiger partial charge in [-0.25, -0.2) is 4.79 Å². The van der Waals surface area contributed by atoms with Gasteiger partial charge in [0.2, 0.25) is 0 Å². The summed E-state index contributed by atoms with van der Waals surface area (Å²) in [6.45, 7) is 3.95. The Bertz CT molecular complexity index is 214. The van der Waals surface area contributed by atoms with Gasteiger partial charge in [-0.15, -0.1) is 0 Å². The second kappa shape index (κ2) is 3.37. The van der Waals surface area contributed by atoms with Gasteiger partial charge in [0.15, 0.2) is 0 Å². The lowest BCUT2D eigenvalue weighted by atomic mass is 10.1. The third kappa shape index (κ3) is 1.70. The first kappa shape index (κ1) is 8.05. The first-order valence-corrected chi connectivity index (χ1v) is 3.82. The maximum Gasteiger partial charge on any atom is 0.331 e. The van der Waals surface area contributed by atoms with Crippen LogP contribution in [0.4, 0.5) is 0 Å². The molecule has 0 bridgehead atoms. The van der Waals surface area contributed by atoms with E-state index in [-0.39, 0.29) is 12.1 Å². The molecule has 0 amide bonds. The second-order valence-corrected chi connectivity index (χ2v) is 2.46. The van der Waals surface area contributed by atoms with E-state index in [1.165, 1.54) is 6.08 Å². The average Bonchev–Trinajstić information content (AvgIpc) is 2.04. The number of rotatable bonds is 1. The highest BCUT2D eigenvalue weighted by molar-refractivity contribution is 5.84. The first-order chi connectivity index (χ1) is 5.27. The largest absolute Gasteiger partial charge is 0.454 e. The highest BCUT2D eigenvalue weighted by atomic mass is 16.5. The van der Waals surface area contributed by atoms with Gasteiger partial charge in [0.25, 0.3) is 0 Å². The summed E-state index contributed by atoms with van der Waals surface area (Å²) in [4.78, 5) is 10.8. The van der Waals surface area contributed by atoms with Crippen molar-refractivity contribution in [3.63, 3.8) is 0 Å². The van der Waals surface area contributed by atoms with E-state index in [4.69, 9.17) is 4.74 Å². The molecular weight excluding hydrogens is 140 g/mol. The maximum absolute atomic E-state index is 10.8. The van der Waals surface area contributed by atoms with Crippen LogP contribution in [0.2, 0.25) is 0 Å². The molecule has 0 saturated heterocycles. The van der Waals surface area contributed by atoms with E-state index in [0.717, 1.165) is 12.0 Å². The van der Waals surface area contributed by atoms with Crippen molar-refractivity contribution in [2.75, 3.05) is 0 Å². The Morgan fingerprint density at radius 3 is 2.91 bits per heavy atom. The predicted molar refractivity (Wildman–Crippen MR) is 43.1 cm³/mol. The van der Waals surface area contributed by atoms with Crippen molar-refractivity contribution in [1.82, 2.24) is 0 Å². The van der Waals surface area contributed by atoms with Gasteiger partial charge < -0.3 is 4.74 Å². The van der Waals surface area contributed by atoms with E-state index < -0.39 is 0 Å². The summed E-state index contributed by atoms with van der Waals surface area (Å²) in [7, 11) is 0. The summed E-state index contributed by atoms with van der Waals surface area (Å²) in [5.74, 6) is -0.234. The Kier molecular flexibility index (Phi) is 2.47. The van der Waals surface area contributed by atoms with Crippen LogP contribution in [0.25, 0.3) is 0 Å². The number of allylic oxidation sites excluding steroid dienone is 1. The Labute approximate surface area is 66.5 Å². The van der Waals surface area contributed by atoms with Gasteiger partial charge in [-0.1, -0.05) is 13.0 Å². The number of esters is 1. The smallest absolute Gasteiger partial charge is 0.331 e. The number of carbonyl (C=O) groups excluding carboxylic acids is 1. The van der Waals surface area contributed by atoms with Crippen molar-refractivity contribution in [2.24, 2.45) is 0 Å². The molecule has 0 spiro atoms. The molecule has 1 atom stereocenters. The van der Waals surface area contributed by atoms with Crippen LogP contribution >= 0.6 is 0 Å². The number of hydrogen-bond acceptors (Lipinski definition) is 2. The summed E-state index contributed by atoms with van der Waals surface area (Å²) >= 11 is 0. The normalized spacial score (nSPS) is 27.3. The molecule has 0 aliphatic carbocycles. The fraction of sp³-hybridized carbons (Fsp3) is 0.444. The number of carbonyl (C=O) groups is 1. The summed E-state index contributed by atoms with van der Waals surface area (Å²) in [6.07, 6.45) is 6.06. The van der Waals surface area contributed by atoms with E-state index >= 15 is 0 Å². The fourth-order valence-electron chi connectivity index (χ4n) is 1.12. The number of ether oxygens (including phenoxy) is 1. The highest BCUT2D eigenvalue weighted by Crippen LogP contribution is 2.16. The molecule has 0 aromatic carbocycles. The minimum absolute atomic E-state index is 0.0301. The minimum Gasteiger partial charge on any atom is -0.454 e. The maximum atomic E-state index is 10.8. The van der Waals surface area contributed by atoms with E-state index in [0.29, 0.717) is 0 Å². The summed E-state index contributed by atoms with van der Waals surface area (Å²) in [6, 6.07) is 0. The van der Waals surface area contributed by atoms with E-state index in [1.54, 1.807) is 0 Å². The average molecular weight is 152 g/mol. The van der Waals surface area contributed by atoms with Crippen LogP contribution < -0.4 is 0 Å². The topological polar surface area (TPSA) is 26.3 Å². The van der Waals surface area contributed by atoms with Crippen LogP contribution in [0.15, 0.2) is 23.8 Å². The zero-order chi connectivity index (χ0) is 8.27. The van der Waals surface area contributed by atoms with Crippen molar-refractivity contribution in [1.29, 1.82) is 0 Å². The Morgan fingerprint density at radius 1 is 1.64 bits per heavy atom. The third-order valence-electron chi connectivity index (χ3n) is 1.75. The van der Waals surface area contributed by atoms with Crippen LogP contribution in [0.3, 0.4) is 0 Å². The zero-order valence-electron chi connectivity index (χ0n) is 6.83. The summed E-state index contributed by atoms with van der Waals surface area (Å²) < 4.78 is 5.04. The molecule has 0 saturated carbocycles. The number of hydrogen-bond donors (Lipinski definition) is 0. The highest BCUT2D eigenvalue weighted by Gasteiger charge is 2.17. The predicted octanol–water partition coefficient (Wildman–Crippen LogP) is 1.82. The quantitative estimate of drug-likeness (QED) is 0.536. The molecule has 2 heteroatoms. The van der Waals surface area contributed by atoms with Crippen LogP contribution in [-0.2, 0) is 9.53 Å². The van der Waals surface area contributed by atoms with Gasteiger partial charge in [0.1, 0.15) is 6.10 Å². The molecular formula is C9H12O2. The summed E-state index contributed by atoms with van der Waals surface area (Å²) in [5, 5.41) is 0. The van der Waals surface area contributed by atoms with Crippen LogP contribution in [0, 0.1) is 0 Å². The first-order valence-electron chi connectivity index (χ1n) is 3.82. The zero-order valence-corrected chi connectivity index (χ0v) is 6.83. The molecule has 0 aromatic rings. The molecule has 0 aromatic heterocycles. The third-order valence-corrected chi connectivity index (χ3v) is 1.75. The van der Waals surface area contributed by atoms with Gasteiger partial charge in [0, 0.05) is 6.08 Å². The molecule has 0 radical (unpaired) electrons. The molecule has 1 unspecified atom stereocenters. The molecule has 11 heavy (non-hydrogen) atoms. The molecule has 1 heterocycles. The Morgan fingerprint density at radius 2 is 2.36 bits per heavy atom. The standard InChI is InChI=1S/C9H12O2/c1-3-7-5-6-9(10)11-8(7)4-2/h3,5-6,8H,4H2,1-2H3/b7-3-. The van der Waals surface area contributed by atoms with E-state index in [1.807, 2.05) is 26.0 Å². The van der Waals surface area contributed by atoms with Gasteiger partial charge in [-0.3, -0.25) is 0 Å². The molecule has 60 valence electrons. The molecule has 2 nitrogen and oxygen atoms in total. The molecule has 0 N–H and O–H groups in total. The molecule has 1 aliphatic heterocycles. The van der Waals surface area contributed by atoms with Gasteiger partial charge in [-0.2, -0.15) is 0 Å². The van der Waals surface area contributed by atoms with Crippen molar-refractivity contribution in [3.8, 4) is 0 Å². The second-order valence-electron chi connectivity index (χ2n) is 2.46. The van der Waals surface area contributed by atoms with Gasteiger partial charge in [-0.05, 0) is 25.0 Å². The van der Waals surface area contributed by atoms with Crippen LogP contribution in [0.5, 0.6) is 0 Å². The van der Waals surface area contributed by atoms with Gasteiger partial charge in [0.05, 0.1) is 0 Å². The molecule has 1 aliphatic rings. The van der Waals surface area contributed by atoms with Crippen LogP contribution in [-0.4, -0.2) is 12.1 Å². The van der Waals surface area contributed by atoms with Crippen molar-refractivity contribution in [3.05, 3.63) is 23.8 Å². The van der Waals surface area contributed by atoms with Crippen LogP contribution in [0.1, 0.15) is 20.3 Å². The fourth-order valence-corrected chi connectivity index (χ4v) is 1.12. The SMILES string of the molecule is C/C=C1/C=CC(=O)OC1CC. The molecule has 1 rings (SSSR count). The Balaban J connectivity index is 2.80. The lowest BCUT2D eigenvalue weighted by Gasteiger charge is -2.19. The lowest BCUT2D eigenvalue weighted by molar-refractivity contribution is -0.142. The van der Waals surface area contributed by atoms with Crippen molar-refractivity contribution < 1.29 is 9.53 Å².